The summed E-state index contributed by atoms with van der Waals surface area (Å²) in [6.45, 7) is -0.178. The van der Waals surface area contributed by atoms with E-state index < -0.39 is 10.7 Å². The van der Waals surface area contributed by atoms with E-state index in [1.807, 2.05) is 0 Å². The van der Waals surface area contributed by atoms with Gasteiger partial charge in [-0.25, -0.2) is 4.39 Å². The lowest BCUT2D eigenvalue weighted by molar-refractivity contribution is -0.385. The van der Waals surface area contributed by atoms with Gasteiger partial charge < -0.3 is 9.84 Å². The van der Waals surface area contributed by atoms with E-state index in [0.717, 1.165) is 18.2 Å². The van der Waals surface area contributed by atoms with Gasteiger partial charge in [0.2, 0.25) is 5.75 Å². The smallest absolute Gasteiger partial charge is 0.311 e. The topological polar surface area (TPSA) is 72.6 Å². The van der Waals surface area contributed by atoms with Gasteiger partial charge in [-0.15, -0.1) is 0 Å². The zero-order valence-electron chi connectivity index (χ0n) is 9.75. The predicted molar refractivity (Wildman–Crippen MR) is 65.5 cm³/mol. The molecular weight excluding hydrogens is 253 g/mol. The number of aliphatic hydroxyl groups excluding tert-OH is 1. The van der Waals surface area contributed by atoms with Crippen LogP contribution < -0.4 is 4.74 Å². The molecule has 0 aliphatic heterocycles. The van der Waals surface area contributed by atoms with Gasteiger partial charge in [-0.1, -0.05) is 12.1 Å². The third kappa shape index (κ3) is 3.05. The maximum absolute atomic E-state index is 13.1. The largest absolute Gasteiger partial charge is 0.450 e. The van der Waals surface area contributed by atoms with Crippen LogP contribution in [-0.2, 0) is 6.61 Å². The lowest BCUT2D eigenvalue weighted by Crippen LogP contribution is -1.94. The fourth-order valence-corrected chi connectivity index (χ4v) is 1.55. The molecule has 0 heterocycles. The third-order valence-electron chi connectivity index (χ3n) is 2.43. The van der Waals surface area contributed by atoms with Crippen molar-refractivity contribution in [1.29, 1.82) is 0 Å². The van der Waals surface area contributed by atoms with Crippen molar-refractivity contribution in [3.05, 3.63) is 64.0 Å². The summed E-state index contributed by atoms with van der Waals surface area (Å²) >= 11 is 0. The molecule has 0 radical (unpaired) electrons. The van der Waals surface area contributed by atoms with Crippen LogP contribution in [0.2, 0.25) is 0 Å². The van der Waals surface area contributed by atoms with Gasteiger partial charge in [0.05, 0.1) is 11.5 Å². The first-order chi connectivity index (χ1) is 9.10. The molecule has 98 valence electrons. The zero-order chi connectivity index (χ0) is 13.8. The van der Waals surface area contributed by atoms with Gasteiger partial charge in [0.25, 0.3) is 0 Å². The Balaban J connectivity index is 2.36. The third-order valence-corrected chi connectivity index (χ3v) is 2.43. The molecular formula is C13H10FNO4. The zero-order valence-corrected chi connectivity index (χ0v) is 9.75. The van der Waals surface area contributed by atoms with Crippen LogP contribution in [0, 0.1) is 15.9 Å². The number of hydrogen-bond donors (Lipinski definition) is 1. The average Bonchev–Trinajstić information content (AvgIpc) is 2.38. The fraction of sp³-hybridized carbons (Fsp3) is 0.0769. The number of nitro benzene ring substituents is 1. The quantitative estimate of drug-likeness (QED) is 0.679. The number of halogens is 1. The van der Waals surface area contributed by atoms with E-state index in [0.29, 0.717) is 11.3 Å². The molecule has 0 saturated carbocycles. The number of nitrogens with zero attached hydrogens (tertiary/aromatic N) is 1. The molecule has 5 nitrogen and oxygen atoms in total. The Bertz CT molecular complexity index is 615. The van der Waals surface area contributed by atoms with E-state index in [2.05, 4.69) is 0 Å². The first-order valence-corrected chi connectivity index (χ1v) is 5.42. The molecule has 0 spiro atoms. The highest BCUT2D eigenvalue weighted by Crippen LogP contribution is 2.32. The first kappa shape index (κ1) is 13.0. The van der Waals surface area contributed by atoms with Crippen LogP contribution in [0.5, 0.6) is 11.5 Å². The summed E-state index contributed by atoms with van der Waals surface area (Å²) < 4.78 is 18.4. The Labute approximate surface area is 108 Å². The molecule has 0 amide bonds. The van der Waals surface area contributed by atoms with Gasteiger partial charge in [0, 0.05) is 12.1 Å². The minimum Gasteiger partial charge on any atom is -0.450 e. The lowest BCUT2D eigenvalue weighted by Gasteiger charge is -2.07. The second-order valence-electron chi connectivity index (χ2n) is 3.78. The van der Waals surface area contributed by atoms with Gasteiger partial charge in [-0.2, -0.15) is 0 Å². The minimum absolute atomic E-state index is 0.178. The van der Waals surface area contributed by atoms with E-state index in [-0.39, 0.29) is 18.0 Å². The number of rotatable bonds is 4. The molecule has 0 unspecified atom stereocenters. The second kappa shape index (κ2) is 5.45. The van der Waals surface area contributed by atoms with Crippen LogP contribution in [0.3, 0.4) is 0 Å². The number of aliphatic hydroxyl groups is 1. The van der Waals surface area contributed by atoms with Crippen LogP contribution in [0.15, 0.2) is 42.5 Å². The first-order valence-electron chi connectivity index (χ1n) is 5.42. The van der Waals surface area contributed by atoms with Crippen molar-refractivity contribution in [2.75, 3.05) is 0 Å². The molecule has 0 bridgehead atoms. The SMILES string of the molecule is O=[N+]([O-])c1ccc(F)cc1Oc1cccc(CO)c1. The van der Waals surface area contributed by atoms with Crippen molar-refractivity contribution >= 4 is 5.69 Å². The second-order valence-corrected chi connectivity index (χ2v) is 3.78. The Morgan fingerprint density at radius 3 is 2.74 bits per heavy atom. The van der Waals surface area contributed by atoms with Crippen molar-refractivity contribution < 1.29 is 19.2 Å². The Morgan fingerprint density at radius 2 is 2.05 bits per heavy atom. The van der Waals surface area contributed by atoms with Crippen LogP contribution in [0.25, 0.3) is 0 Å². The van der Waals surface area contributed by atoms with Gasteiger partial charge >= 0.3 is 5.69 Å². The molecule has 19 heavy (non-hydrogen) atoms. The van der Waals surface area contributed by atoms with Crippen molar-refractivity contribution in [2.24, 2.45) is 0 Å². The summed E-state index contributed by atoms with van der Waals surface area (Å²) in [7, 11) is 0. The molecule has 0 aliphatic rings. The summed E-state index contributed by atoms with van der Waals surface area (Å²) in [4.78, 5) is 10.2. The predicted octanol–water partition coefficient (Wildman–Crippen LogP) is 3.02. The maximum Gasteiger partial charge on any atom is 0.311 e. The molecule has 0 aliphatic carbocycles. The number of hydrogen-bond acceptors (Lipinski definition) is 4. The molecule has 0 atom stereocenters. The number of nitro groups is 1. The molecule has 0 saturated heterocycles. The molecule has 1 N–H and O–H groups in total. The molecule has 6 heteroatoms. The lowest BCUT2D eigenvalue weighted by atomic mass is 10.2. The fourth-order valence-electron chi connectivity index (χ4n) is 1.55. The number of benzene rings is 2. The molecule has 2 aromatic rings. The molecule has 0 aromatic heterocycles. The normalized spacial score (nSPS) is 10.2. The minimum atomic E-state index is -0.648. The van der Waals surface area contributed by atoms with Crippen molar-refractivity contribution in [3.63, 3.8) is 0 Å². The van der Waals surface area contributed by atoms with Gasteiger partial charge in [0.15, 0.2) is 0 Å². The van der Waals surface area contributed by atoms with Crippen LogP contribution >= 0.6 is 0 Å². The molecule has 0 fully saturated rings. The van der Waals surface area contributed by atoms with E-state index in [4.69, 9.17) is 9.84 Å². The van der Waals surface area contributed by atoms with Crippen LogP contribution in [0.1, 0.15) is 5.56 Å². The summed E-state index contributed by atoms with van der Waals surface area (Å²) in [6.07, 6.45) is 0. The highest BCUT2D eigenvalue weighted by Gasteiger charge is 2.16. The monoisotopic (exact) mass is 263 g/mol. The maximum atomic E-state index is 13.1. The van der Waals surface area contributed by atoms with Crippen LogP contribution in [0.4, 0.5) is 10.1 Å². The highest BCUT2D eigenvalue weighted by atomic mass is 19.1. The van der Waals surface area contributed by atoms with E-state index in [1.54, 1.807) is 18.2 Å². The standard InChI is InChI=1S/C13H10FNO4/c14-10-4-5-12(15(17)18)13(7-10)19-11-3-1-2-9(6-11)8-16/h1-7,16H,8H2. The van der Waals surface area contributed by atoms with Gasteiger partial charge in [0.1, 0.15) is 11.6 Å². The Hall–Kier alpha value is -2.47. The van der Waals surface area contributed by atoms with Gasteiger partial charge in [-0.3, -0.25) is 10.1 Å². The van der Waals surface area contributed by atoms with E-state index >= 15 is 0 Å². The number of ether oxygens (including phenoxy) is 1. The van der Waals surface area contributed by atoms with E-state index in [1.165, 1.54) is 6.07 Å². The highest BCUT2D eigenvalue weighted by molar-refractivity contribution is 5.48. The van der Waals surface area contributed by atoms with Crippen molar-refractivity contribution in [2.45, 2.75) is 6.61 Å². The summed E-state index contributed by atoms with van der Waals surface area (Å²) in [5, 5.41) is 19.8. The Morgan fingerprint density at radius 1 is 1.26 bits per heavy atom. The summed E-state index contributed by atoms with van der Waals surface area (Å²) in [6, 6.07) is 9.38. The van der Waals surface area contributed by atoms with Crippen LogP contribution in [-0.4, -0.2) is 10.0 Å². The summed E-state index contributed by atoms with van der Waals surface area (Å²) in [5.41, 5.74) is 0.271. The summed E-state index contributed by atoms with van der Waals surface area (Å²) in [5.74, 6) is -0.515. The average molecular weight is 263 g/mol. The van der Waals surface area contributed by atoms with Crippen molar-refractivity contribution in [1.82, 2.24) is 0 Å². The van der Waals surface area contributed by atoms with E-state index in [9.17, 15) is 14.5 Å². The van der Waals surface area contributed by atoms with Gasteiger partial charge in [-0.05, 0) is 23.8 Å². The van der Waals surface area contributed by atoms with Crippen molar-refractivity contribution in [3.8, 4) is 11.5 Å². The molecule has 2 rings (SSSR count). The molecule has 2 aromatic carbocycles. The Kier molecular flexibility index (Phi) is 3.72.